The fourth-order valence-corrected chi connectivity index (χ4v) is 2.95. The second-order valence-corrected chi connectivity index (χ2v) is 5.72. The summed E-state index contributed by atoms with van der Waals surface area (Å²) in [6.07, 6.45) is 5.06. The van der Waals surface area contributed by atoms with E-state index in [2.05, 4.69) is 10.3 Å². The summed E-state index contributed by atoms with van der Waals surface area (Å²) in [7, 11) is 0. The molecule has 18 heavy (non-hydrogen) atoms. The molecule has 5 nitrogen and oxygen atoms in total. The van der Waals surface area contributed by atoms with Crippen molar-refractivity contribution in [3.05, 3.63) is 11.1 Å². The third-order valence-corrected chi connectivity index (χ3v) is 4.28. The van der Waals surface area contributed by atoms with Crippen LogP contribution in [0.1, 0.15) is 42.3 Å². The molecule has 1 fully saturated rings. The molecule has 0 radical (unpaired) electrons. The van der Waals surface area contributed by atoms with Gasteiger partial charge in [0.15, 0.2) is 10.9 Å². The Labute approximate surface area is 110 Å². The van der Waals surface area contributed by atoms with Crippen LogP contribution in [0.15, 0.2) is 6.20 Å². The van der Waals surface area contributed by atoms with E-state index in [1.807, 2.05) is 0 Å². The van der Waals surface area contributed by atoms with Crippen LogP contribution >= 0.6 is 11.3 Å². The summed E-state index contributed by atoms with van der Waals surface area (Å²) in [4.78, 5) is 27.5. The summed E-state index contributed by atoms with van der Waals surface area (Å²) in [5.41, 5.74) is 5.93. The standard InChI is InChI=1S/C12H17N3O2S/c1-7(16)10-6-14-12(18-10)15-11(17)5-8-3-2-4-9(8)13/h6,8-9H,2-5,13H2,1H3,(H,14,15,17)/t8-,9+/m0/s1. The van der Waals surface area contributed by atoms with Crippen molar-refractivity contribution in [2.75, 3.05) is 5.32 Å². The van der Waals surface area contributed by atoms with Gasteiger partial charge in [-0.25, -0.2) is 4.98 Å². The monoisotopic (exact) mass is 267 g/mol. The van der Waals surface area contributed by atoms with E-state index in [1.165, 1.54) is 24.5 Å². The minimum absolute atomic E-state index is 0.0363. The summed E-state index contributed by atoms with van der Waals surface area (Å²) >= 11 is 1.20. The zero-order valence-corrected chi connectivity index (χ0v) is 11.1. The molecule has 1 heterocycles. The van der Waals surface area contributed by atoms with Gasteiger partial charge >= 0.3 is 0 Å². The first kappa shape index (κ1) is 13.2. The number of hydrogen-bond donors (Lipinski definition) is 2. The lowest BCUT2D eigenvalue weighted by molar-refractivity contribution is -0.117. The van der Waals surface area contributed by atoms with Gasteiger partial charge in [-0.05, 0) is 18.8 Å². The van der Waals surface area contributed by atoms with Crippen LogP contribution in [0, 0.1) is 5.92 Å². The first-order valence-electron chi connectivity index (χ1n) is 6.08. The Morgan fingerprint density at radius 3 is 2.89 bits per heavy atom. The second kappa shape index (κ2) is 5.58. The third-order valence-electron chi connectivity index (χ3n) is 3.26. The number of carbonyl (C=O) groups excluding carboxylic acids is 2. The predicted octanol–water partition coefficient (Wildman–Crippen LogP) is 1.80. The molecule has 0 aromatic carbocycles. The van der Waals surface area contributed by atoms with Crippen molar-refractivity contribution in [3.8, 4) is 0 Å². The number of aromatic nitrogens is 1. The lowest BCUT2D eigenvalue weighted by Crippen LogP contribution is -2.28. The van der Waals surface area contributed by atoms with Crippen molar-refractivity contribution in [1.82, 2.24) is 4.98 Å². The van der Waals surface area contributed by atoms with E-state index in [-0.39, 0.29) is 23.7 Å². The van der Waals surface area contributed by atoms with E-state index < -0.39 is 0 Å². The van der Waals surface area contributed by atoms with Crippen molar-refractivity contribution < 1.29 is 9.59 Å². The molecule has 1 aromatic heterocycles. The molecule has 0 saturated heterocycles. The molecule has 6 heteroatoms. The molecule has 0 aliphatic heterocycles. The lowest BCUT2D eigenvalue weighted by atomic mass is 10.00. The van der Waals surface area contributed by atoms with Gasteiger partial charge in [0.25, 0.3) is 0 Å². The number of thiazole rings is 1. The largest absolute Gasteiger partial charge is 0.327 e. The molecule has 1 amide bonds. The molecule has 1 aromatic rings. The fourth-order valence-electron chi connectivity index (χ4n) is 2.22. The molecular weight excluding hydrogens is 250 g/mol. The third kappa shape index (κ3) is 3.14. The Kier molecular flexibility index (Phi) is 4.08. The van der Waals surface area contributed by atoms with Gasteiger partial charge in [0.2, 0.25) is 5.91 Å². The lowest BCUT2D eigenvalue weighted by Gasteiger charge is -2.13. The number of carbonyl (C=O) groups is 2. The minimum atomic E-state index is -0.0678. The SMILES string of the molecule is CC(=O)c1cnc(NC(=O)C[C@@H]2CCC[C@H]2N)s1. The Morgan fingerprint density at radius 2 is 2.33 bits per heavy atom. The van der Waals surface area contributed by atoms with Gasteiger partial charge < -0.3 is 11.1 Å². The molecule has 1 saturated carbocycles. The molecule has 3 N–H and O–H groups in total. The van der Waals surface area contributed by atoms with Crippen LogP contribution in [0.2, 0.25) is 0 Å². The number of rotatable bonds is 4. The summed E-state index contributed by atoms with van der Waals surface area (Å²) in [6.45, 7) is 1.48. The predicted molar refractivity (Wildman–Crippen MR) is 70.7 cm³/mol. The summed E-state index contributed by atoms with van der Waals surface area (Å²) in [6, 6.07) is 0.139. The summed E-state index contributed by atoms with van der Waals surface area (Å²) < 4.78 is 0. The number of amides is 1. The van der Waals surface area contributed by atoms with Crippen molar-refractivity contribution in [1.29, 1.82) is 0 Å². The Bertz CT molecular complexity index is 458. The van der Waals surface area contributed by atoms with Gasteiger partial charge in [0.05, 0.1) is 11.1 Å². The van der Waals surface area contributed by atoms with E-state index in [4.69, 9.17) is 5.73 Å². The zero-order chi connectivity index (χ0) is 13.1. The van der Waals surface area contributed by atoms with Crippen molar-refractivity contribution in [3.63, 3.8) is 0 Å². The van der Waals surface area contributed by atoms with Crippen LogP contribution in [0.25, 0.3) is 0 Å². The highest BCUT2D eigenvalue weighted by Crippen LogP contribution is 2.27. The molecule has 98 valence electrons. The molecule has 0 unspecified atom stereocenters. The molecule has 2 atom stereocenters. The average Bonchev–Trinajstić information content (AvgIpc) is 2.89. The van der Waals surface area contributed by atoms with Gasteiger partial charge in [0.1, 0.15) is 0 Å². The highest BCUT2D eigenvalue weighted by Gasteiger charge is 2.26. The number of nitrogens with zero attached hydrogens (tertiary/aromatic N) is 1. The number of Topliss-reactive ketones (excluding diaryl/α,β-unsaturated/α-hetero) is 1. The van der Waals surface area contributed by atoms with E-state index in [1.54, 1.807) is 0 Å². The maximum atomic E-state index is 11.8. The van der Waals surface area contributed by atoms with Crippen LogP contribution in [0.4, 0.5) is 5.13 Å². The molecule has 0 bridgehead atoms. The average molecular weight is 267 g/mol. The number of anilines is 1. The van der Waals surface area contributed by atoms with Gasteiger partial charge in [-0.3, -0.25) is 9.59 Å². The summed E-state index contributed by atoms with van der Waals surface area (Å²) in [5, 5.41) is 3.21. The van der Waals surface area contributed by atoms with Crippen LogP contribution in [0.5, 0.6) is 0 Å². The highest BCUT2D eigenvalue weighted by atomic mass is 32.1. The summed E-state index contributed by atoms with van der Waals surface area (Å²) in [5.74, 6) is 0.171. The number of ketones is 1. The van der Waals surface area contributed by atoms with E-state index in [0.717, 1.165) is 19.3 Å². The van der Waals surface area contributed by atoms with Gasteiger partial charge in [-0.2, -0.15) is 0 Å². The van der Waals surface area contributed by atoms with Crippen LogP contribution in [-0.2, 0) is 4.79 Å². The molecule has 2 rings (SSSR count). The maximum Gasteiger partial charge on any atom is 0.226 e. The number of hydrogen-bond acceptors (Lipinski definition) is 5. The van der Waals surface area contributed by atoms with Crippen molar-refractivity contribution in [2.24, 2.45) is 11.7 Å². The highest BCUT2D eigenvalue weighted by molar-refractivity contribution is 7.17. The Morgan fingerprint density at radius 1 is 1.56 bits per heavy atom. The number of nitrogens with two attached hydrogens (primary N) is 1. The van der Waals surface area contributed by atoms with Crippen LogP contribution in [-0.4, -0.2) is 22.7 Å². The second-order valence-electron chi connectivity index (χ2n) is 4.69. The van der Waals surface area contributed by atoms with Gasteiger partial charge in [0, 0.05) is 19.4 Å². The smallest absolute Gasteiger partial charge is 0.226 e. The van der Waals surface area contributed by atoms with E-state index >= 15 is 0 Å². The van der Waals surface area contributed by atoms with Crippen LogP contribution in [0.3, 0.4) is 0 Å². The first-order valence-corrected chi connectivity index (χ1v) is 6.90. The van der Waals surface area contributed by atoms with Gasteiger partial charge in [-0.1, -0.05) is 17.8 Å². The van der Waals surface area contributed by atoms with Crippen molar-refractivity contribution >= 4 is 28.2 Å². The topological polar surface area (TPSA) is 85.1 Å². The van der Waals surface area contributed by atoms with E-state index in [0.29, 0.717) is 16.4 Å². The minimum Gasteiger partial charge on any atom is -0.327 e. The van der Waals surface area contributed by atoms with Crippen LogP contribution < -0.4 is 11.1 Å². The van der Waals surface area contributed by atoms with Gasteiger partial charge in [-0.15, -0.1) is 0 Å². The zero-order valence-electron chi connectivity index (χ0n) is 10.3. The maximum absolute atomic E-state index is 11.8. The Balaban J connectivity index is 1.88. The molecule has 0 spiro atoms. The number of nitrogens with one attached hydrogen (secondary N) is 1. The Hall–Kier alpha value is -1.27. The molecular formula is C12H17N3O2S. The first-order chi connectivity index (χ1) is 8.56. The molecule has 1 aliphatic carbocycles. The quantitative estimate of drug-likeness (QED) is 0.815. The van der Waals surface area contributed by atoms with Crippen molar-refractivity contribution in [2.45, 2.75) is 38.6 Å². The fraction of sp³-hybridized carbons (Fsp3) is 0.583. The van der Waals surface area contributed by atoms with E-state index in [9.17, 15) is 9.59 Å². The normalized spacial score (nSPS) is 23.0. The molecule has 1 aliphatic rings.